The van der Waals surface area contributed by atoms with E-state index in [2.05, 4.69) is 21.4 Å². The highest BCUT2D eigenvalue weighted by Crippen LogP contribution is 2.32. The second-order valence-corrected chi connectivity index (χ2v) is 7.55. The highest BCUT2D eigenvalue weighted by atomic mass is 16.5. The second kappa shape index (κ2) is 7.79. The predicted octanol–water partition coefficient (Wildman–Crippen LogP) is 4.83. The summed E-state index contributed by atoms with van der Waals surface area (Å²) in [6.45, 7) is 3.92. The number of hydrogen-bond acceptors (Lipinski definition) is 6. The maximum Gasteiger partial charge on any atom is 0.177 e. The molecule has 0 amide bonds. The summed E-state index contributed by atoms with van der Waals surface area (Å²) in [7, 11) is 1.69. The lowest BCUT2D eigenvalue weighted by Gasteiger charge is -2.25. The van der Waals surface area contributed by atoms with Gasteiger partial charge in [0, 0.05) is 30.1 Å². The molecule has 0 unspecified atom stereocenters. The number of unbranched alkanes of at least 4 members (excludes halogenated alkanes) is 1. The maximum atomic E-state index is 6.13. The molecule has 6 nitrogen and oxygen atoms in total. The number of hydrogen-bond donors (Lipinski definition) is 1. The summed E-state index contributed by atoms with van der Waals surface area (Å²) < 4.78 is 16.8. The van der Waals surface area contributed by atoms with Gasteiger partial charge < -0.3 is 19.0 Å². The summed E-state index contributed by atoms with van der Waals surface area (Å²) in [5.41, 5.74) is 3.11. The van der Waals surface area contributed by atoms with Crippen LogP contribution < -0.4 is 10.1 Å². The minimum absolute atomic E-state index is 0.822. The van der Waals surface area contributed by atoms with Crippen LogP contribution in [0.2, 0.25) is 0 Å². The average Bonchev–Trinajstić information content (AvgIpc) is 3.33. The molecule has 0 fully saturated rings. The Morgan fingerprint density at radius 2 is 2.03 bits per heavy atom. The molecule has 4 aromatic rings. The third-order valence-electron chi connectivity index (χ3n) is 5.70. The van der Waals surface area contributed by atoms with Gasteiger partial charge in [-0.3, -0.25) is 4.90 Å². The molecule has 0 aliphatic carbocycles. The predicted molar refractivity (Wildman–Crippen MR) is 113 cm³/mol. The minimum Gasteiger partial charge on any atom is -0.497 e. The summed E-state index contributed by atoms with van der Waals surface area (Å²) in [6.07, 6.45) is 3.26. The topological polar surface area (TPSA) is 63.7 Å². The van der Waals surface area contributed by atoms with Crippen molar-refractivity contribution in [1.82, 2.24) is 10.1 Å². The fourth-order valence-corrected chi connectivity index (χ4v) is 4.13. The molecule has 1 aliphatic rings. The molecule has 0 saturated heterocycles. The van der Waals surface area contributed by atoms with Gasteiger partial charge in [-0.1, -0.05) is 17.3 Å². The molecule has 2 aromatic carbocycles. The number of anilines is 1. The van der Waals surface area contributed by atoms with Gasteiger partial charge in [-0.15, -0.1) is 0 Å². The maximum absolute atomic E-state index is 6.13. The third-order valence-corrected chi connectivity index (χ3v) is 5.70. The minimum atomic E-state index is 0.822. The zero-order chi connectivity index (χ0) is 19.6. The van der Waals surface area contributed by atoms with E-state index in [1.165, 1.54) is 10.9 Å². The fourth-order valence-electron chi connectivity index (χ4n) is 4.13. The van der Waals surface area contributed by atoms with Crippen LogP contribution in [-0.4, -0.2) is 36.8 Å². The van der Waals surface area contributed by atoms with Gasteiger partial charge in [0.25, 0.3) is 0 Å². The number of para-hydroxylation sites is 1. The van der Waals surface area contributed by atoms with Crippen molar-refractivity contribution in [2.75, 3.05) is 32.1 Å². The van der Waals surface area contributed by atoms with E-state index in [-0.39, 0.29) is 0 Å². The first-order chi connectivity index (χ1) is 14.3. The van der Waals surface area contributed by atoms with Crippen LogP contribution in [0.4, 0.5) is 5.82 Å². The molecule has 0 spiro atoms. The van der Waals surface area contributed by atoms with E-state index < -0.39 is 0 Å². The summed E-state index contributed by atoms with van der Waals surface area (Å²) >= 11 is 0. The summed E-state index contributed by atoms with van der Waals surface area (Å²) in [5.74, 6) is 2.78. The molecule has 29 heavy (non-hydrogen) atoms. The van der Waals surface area contributed by atoms with E-state index in [1.54, 1.807) is 7.11 Å². The van der Waals surface area contributed by atoms with E-state index in [0.29, 0.717) is 0 Å². The molecular formula is C23H25N3O3. The summed E-state index contributed by atoms with van der Waals surface area (Å²) in [6, 6.07) is 14.0. The van der Waals surface area contributed by atoms with Crippen molar-refractivity contribution in [3.05, 3.63) is 53.8 Å². The largest absolute Gasteiger partial charge is 0.497 e. The first kappa shape index (κ1) is 18.1. The van der Waals surface area contributed by atoms with Gasteiger partial charge in [-0.2, -0.15) is 0 Å². The van der Waals surface area contributed by atoms with Gasteiger partial charge in [0.1, 0.15) is 17.1 Å². The van der Waals surface area contributed by atoms with Crippen LogP contribution >= 0.6 is 0 Å². The highest BCUT2D eigenvalue weighted by Gasteiger charge is 2.22. The Morgan fingerprint density at radius 1 is 1.10 bits per heavy atom. The van der Waals surface area contributed by atoms with Crippen LogP contribution in [0.15, 0.2) is 51.4 Å². The Labute approximate surface area is 169 Å². The number of benzene rings is 2. The lowest BCUT2D eigenvalue weighted by molar-refractivity contribution is 0.228. The van der Waals surface area contributed by atoms with Crippen LogP contribution in [0.3, 0.4) is 0 Å². The van der Waals surface area contributed by atoms with Gasteiger partial charge >= 0.3 is 0 Å². The van der Waals surface area contributed by atoms with Crippen molar-refractivity contribution in [3.63, 3.8) is 0 Å². The van der Waals surface area contributed by atoms with Crippen molar-refractivity contribution in [2.24, 2.45) is 0 Å². The number of fused-ring (bicyclic) bond motifs is 4. The summed E-state index contributed by atoms with van der Waals surface area (Å²) in [4.78, 5) is 2.48. The smallest absolute Gasteiger partial charge is 0.177 e. The van der Waals surface area contributed by atoms with E-state index in [4.69, 9.17) is 13.7 Å². The summed E-state index contributed by atoms with van der Waals surface area (Å²) in [5, 5.41) is 9.78. The zero-order valence-corrected chi connectivity index (χ0v) is 16.6. The number of rotatable bonds is 7. The zero-order valence-electron chi connectivity index (χ0n) is 16.6. The van der Waals surface area contributed by atoms with Gasteiger partial charge in [0.2, 0.25) is 0 Å². The molecule has 2 aromatic heterocycles. The van der Waals surface area contributed by atoms with E-state index in [1.807, 2.05) is 36.4 Å². The number of aromatic nitrogens is 1. The highest BCUT2D eigenvalue weighted by molar-refractivity contribution is 5.87. The Kier molecular flexibility index (Phi) is 4.86. The molecule has 0 radical (unpaired) electrons. The number of nitrogens with one attached hydrogen (secondary N) is 1. The Bertz CT molecular complexity index is 1130. The normalized spacial score (nSPS) is 14.4. The molecule has 0 bridgehead atoms. The molecular weight excluding hydrogens is 366 g/mol. The van der Waals surface area contributed by atoms with Gasteiger partial charge in [-0.05, 0) is 50.1 Å². The first-order valence-corrected chi connectivity index (χ1v) is 10.2. The molecule has 0 atom stereocenters. The van der Waals surface area contributed by atoms with Crippen LogP contribution in [0.25, 0.3) is 21.9 Å². The lowest BCUT2D eigenvalue weighted by Crippen LogP contribution is -2.31. The third kappa shape index (κ3) is 3.56. The molecule has 6 heteroatoms. The van der Waals surface area contributed by atoms with Crippen molar-refractivity contribution in [2.45, 2.75) is 25.8 Å². The Hall–Kier alpha value is -2.99. The van der Waals surface area contributed by atoms with Gasteiger partial charge in [0.15, 0.2) is 11.4 Å². The number of nitrogens with zero attached hydrogens (tertiary/aromatic N) is 2. The fraction of sp³-hybridized carbons (Fsp3) is 0.348. The number of methoxy groups -OCH3 is 1. The van der Waals surface area contributed by atoms with Crippen molar-refractivity contribution >= 4 is 27.8 Å². The van der Waals surface area contributed by atoms with E-state index in [9.17, 15) is 0 Å². The van der Waals surface area contributed by atoms with Crippen LogP contribution in [0, 0.1) is 0 Å². The average molecular weight is 391 g/mol. The second-order valence-electron chi connectivity index (χ2n) is 7.55. The van der Waals surface area contributed by atoms with Crippen molar-refractivity contribution in [3.8, 4) is 5.75 Å². The SMILES string of the molecule is COc1ccc2c3c(oc2c1)CN(CCCCNc1noc2ccccc12)CC3. The van der Waals surface area contributed by atoms with Crippen LogP contribution in [-0.2, 0) is 13.0 Å². The molecule has 150 valence electrons. The molecule has 1 N–H and O–H groups in total. The van der Waals surface area contributed by atoms with Gasteiger partial charge in [0.05, 0.1) is 19.0 Å². The number of ether oxygens (including phenoxy) is 1. The van der Waals surface area contributed by atoms with Crippen LogP contribution in [0.5, 0.6) is 5.75 Å². The molecule has 3 heterocycles. The van der Waals surface area contributed by atoms with E-state index in [0.717, 1.165) is 79.3 Å². The quantitative estimate of drug-likeness (QED) is 0.455. The van der Waals surface area contributed by atoms with Crippen molar-refractivity contribution in [1.29, 1.82) is 0 Å². The van der Waals surface area contributed by atoms with Crippen LogP contribution in [0.1, 0.15) is 24.2 Å². The van der Waals surface area contributed by atoms with Gasteiger partial charge in [-0.25, -0.2) is 0 Å². The monoisotopic (exact) mass is 391 g/mol. The first-order valence-electron chi connectivity index (χ1n) is 10.2. The number of furan rings is 1. The standard InChI is InChI=1S/C23H25N3O3/c1-27-16-8-9-17-18-10-13-26(15-22(18)28-21(17)14-16)12-5-4-11-24-23-19-6-2-3-7-20(19)29-25-23/h2-3,6-9,14H,4-5,10-13,15H2,1H3,(H,24,25). The molecule has 0 saturated carbocycles. The van der Waals surface area contributed by atoms with Crippen molar-refractivity contribution < 1.29 is 13.7 Å². The lowest BCUT2D eigenvalue weighted by atomic mass is 10.0. The Balaban J connectivity index is 1.13. The Morgan fingerprint density at radius 3 is 2.97 bits per heavy atom. The molecule has 1 aliphatic heterocycles. The molecule has 5 rings (SSSR count). The van der Waals surface area contributed by atoms with E-state index >= 15 is 0 Å².